The second-order valence-electron chi connectivity index (χ2n) is 6.24. The van der Waals surface area contributed by atoms with Gasteiger partial charge in [-0.1, -0.05) is 6.92 Å². The lowest BCUT2D eigenvalue weighted by atomic mass is 10.1. The molecule has 0 fully saturated rings. The van der Waals surface area contributed by atoms with E-state index in [1.807, 2.05) is 23.8 Å². The predicted octanol–water partition coefficient (Wildman–Crippen LogP) is 2.26. The third-order valence-electron chi connectivity index (χ3n) is 4.38. The summed E-state index contributed by atoms with van der Waals surface area (Å²) in [5.74, 6) is 1.54. The first-order valence-electron chi connectivity index (χ1n) is 9.35. The van der Waals surface area contributed by atoms with Crippen molar-refractivity contribution in [2.45, 2.75) is 33.2 Å². The molecule has 0 aliphatic carbocycles. The van der Waals surface area contributed by atoms with E-state index in [9.17, 15) is 4.39 Å². The number of hydrogen-bond donors (Lipinski definition) is 3. The zero-order valence-corrected chi connectivity index (χ0v) is 15.8. The summed E-state index contributed by atoms with van der Waals surface area (Å²) in [7, 11) is 0. The molecule has 8 heteroatoms. The van der Waals surface area contributed by atoms with E-state index in [-0.39, 0.29) is 5.82 Å². The Morgan fingerprint density at radius 2 is 2.19 bits per heavy atom. The van der Waals surface area contributed by atoms with E-state index in [0.29, 0.717) is 6.54 Å². The van der Waals surface area contributed by atoms with E-state index in [1.54, 1.807) is 6.33 Å². The minimum absolute atomic E-state index is 0.230. The summed E-state index contributed by atoms with van der Waals surface area (Å²) < 4.78 is 15.3. The van der Waals surface area contributed by atoms with Gasteiger partial charge in [-0.15, -0.1) is 10.2 Å². The molecule has 0 bridgehead atoms. The number of H-pyrrole nitrogens is 1. The van der Waals surface area contributed by atoms with Crippen LogP contribution in [-0.2, 0) is 19.4 Å². The number of nitrogens with one attached hydrogen (secondary N) is 3. The molecule has 0 aliphatic heterocycles. The van der Waals surface area contributed by atoms with Crippen molar-refractivity contribution in [3.8, 4) is 0 Å². The van der Waals surface area contributed by atoms with Gasteiger partial charge in [0.05, 0.1) is 0 Å². The zero-order valence-electron chi connectivity index (χ0n) is 15.8. The summed E-state index contributed by atoms with van der Waals surface area (Å²) in [6.45, 7) is 7.08. The number of benzene rings is 1. The summed E-state index contributed by atoms with van der Waals surface area (Å²) in [6, 6.07) is 4.82. The van der Waals surface area contributed by atoms with E-state index >= 15 is 0 Å². The average molecular weight is 371 g/mol. The Labute approximate surface area is 158 Å². The van der Waals surface area contributed by atoms with Gasteiger partial charge in [0.15, 0.2) is 5.96 Å². The summed E-state index contributed by atoms with van der Waals surface area (Å²) in [5, 5.41) is 15.7. The third kappa shape index (κ3) is 4.84. The molecular formula is C19H26FN7. The van der Waals surface area contributed by atoms with Crippen molar-refractivity contribution in [1.82, 2.24) is 30.4 Å². The van der Waals surface area contributed by atoms with Crippen LogP contribution in [0.15, 0.2) is 35.7 Å². The Balaban J connectivity index is 1.55. The summed E-state index contributed by atoms with van der Waals surface area (Å²) >= 11 is 0. The molecule has 0 spiro atoms. The molecule has 0 saturated carbocycles. The van der Waals surface area contributed by atoms with Crippen LogP contribution in [0.25, 0.3) is 10.9 Å². The number of hydrogen-bond acceptors (Lipinski definition) is 3. The molecule has 0 radical (unpaired) electrons. The first-order chi connectivity index (χ1) is 13.2. The van der Waals surface area contributed by atoms with Gasteiger partial charge in [0.1, 0.15) is 18.0 Å². The molecule has 1 aromatic carbocycles. The van der Waals surface area contributed by atoms with E-state index in [4.69, 9.17) is 0 Å². The zero-order chi connectivity index (χ0) is 19.1. The molecule has 0 aliphatic rings. The summed E-state index contributed by atoms with van der Waals surface area (Å²) in [4.78, 5) is 7.76. The van der Waals surface area contributed by atoms with Crippen molar-refractivity contribution in [2.75, 3.05) is 19.6 Å². The van der Waals surface area contributed by atoms with Gasteiger partial charge in [-0.2, -0.15) is 0 Å². The Hall–Kier alpha value is -2.90. The summed E-state index contributed by atoms with van der Waals surface area (Å²) in [5.41, 5.74) is 1.96. The Kier molecular flexibility index (Phi) is 6.40. The highest BCUT2D eigenvalue weighted by Gasteiger charge is 2.05. The fourth-order valence-electron chi connectivity index (χ4n) is 3.03. The first kappa shape index (κ1) is 18.9. The molecule has 2 aromatic heterocycles. The first-order valence-corrected chi connectivity index (χ1v) is 9.35. The normalized spacial score (nSPS) is 11.9. The van der Waals surface area contributed by atoms with Crippen LogP contribution >= 0.6 is 0 Å². The SMILES string of the molecule is CCNC(=NCCc1c[nH]c2cc(F)ccc12)NCCn1cnnc1CC. The van der Waals surface area contributed by atoms with Crippen LogP contribution in [0.5, 0.6) is 0 Å². The quantitative estimate of drug-likeness (QED) is 0.419. The van der Waals surface area contributed by atoms with Crippen molar-refractivity contribution in [3.63, 3.8) is 0 Å². The van der Waals surface area contributed by atoms with E-state index in [1.165, 1.54) is 12.1 Å². The maximum absolute atomic E-state index is 13.3. The molecule has 0 unspecified atom stereocenters. The Morgan fingerprint density at radius 3 is 3.00 bits per heavy atom. The number of rotatable bonds is 8. The highest BCUT2D eigenvalue weighted by Crippen LogP contribution is 2.19. The fraction of sp³-hybridized carbons (Fsp3) is 0.421. The van der Waals surface area contributed by atoms with Crippen LogP contribution in [0.1, 0.15) is 25.2 Å². The van der Waals surface area contributed by atoms with Gasteiger partial charge in [0, 0.05) is 49.7 Å². The van der Waals surface area contributed by atoms with Crippen LogP contribution in [0, 0.1) is 5.82 Å². The molecule has 0 amide bonds. The second-order valence-corrected chi connectivity index (χ2v) is 6.24. The van der Waals surface area contributed by atoms with Crippen molar-refractivity contribution in [1.29, 1.82) is 0 Å². The predicted molar refractivity (Wildman–Crippen MR) is 105 cm³/mol. The van der Waals surface area contributed by atoms with Gasteiger partial charge in [-0.25, -0.2) is 4.39 Å². The molecule has 0 atom stereocenters. The molecule has 3 rings (SSSR count). The molecule has 2 heterocycles. The highest BCUT2D eigenvalue weighted by molar-refractivity contribution is 5.83. The van der Waals surface area contributed by atoms with Crippen LogP contribution in [0.3, 0.4) is 0 Å². The lowest BCUT2D eigenvalue weighted by Crippen LogP contribution is -2.39. The number of halogens is 1. The lowest BCUT2D eigenvalue weighted by molar-refractivity contribution is 0.629. The van der Waals surface area contributed by atoms with Crippen LogP contribution < -0.4 is 10.6 Å². The third-order valence-corrected chi connectivity index (χ3v) is 4.38. The molecule has 144 valence electrons. The molecule has 3 N–H and O–H groups in total. The molecule has 3 aromatic rings. The lowest BCUT2D eigenvalue weighted by Gasteiger charge is -2.12. The minimum atomic E-state index is -0.230. The van der Waals surface area contributed by atoms with E-state index < -0.39 is 0 Å². The number of fused-ring (bicyclic) bond motifs is 1. The van der Waals surface area contributed by atoms with Crippen molar-refractivity contribution in [2.24, 2.45) is 4.99 Å². The number of aryl methyl sites for hydroxylation is 1. The van der Waals surface area contributed by atoms with Gasteiger partial charge in [0.2, 0.25) is 0 Å². The van der Waals surface area contributed by atoms with Crippen LogP contribution in [0.2, 0.25) is 0 Å². The molecule has 0 saturated heterocycles. The highest BCUT2D eigenvalue weighted by atomic mass is 19.1. The molecule has 27 heavy (non-hydrogen) atoms. The van der Waals surface area contributed by atoms with Gasteiger partial charge in [-0.3, -0.25) is 4.99 Å². The number of nitrogens with zero attached hydrogens (tertiary/aromatic N) is 4. The average Bonchev–Trinajstić information content (AvgIpc) is 3.28. The Morgan fingerprint density at radius 1 is 1.30 bits per heavy atom. The topological polar surface area (TPSA) is 82.9 Å². The van der Waals surface area contributed by atoms with Crippen LogP contribution in [0.4, 0.5) is 4.39 Å². The van der Waals surface area contributed by atoms with Crippen LogP contribution in [-0.4, -0.2) is 45.3 Å². The fourth-order valence-corrected chi connectivity index (χ4v) is 3.03. The maximum Gasteiger partial charge on any atom is 0.191 e. The van der Waals surface area contributed by atoms with Gasteiger partial charge in [-0.05, 0) is 37.1 Å². The van der Waals surface area contributed by atoms with Gasteiger partial charge < -0.3 is 20.2 Å². The number of guanidine groups is 1. The van der Waals surface area contributed by atoms with E-state index in [0.717, 1.165) is 60.7 Å². The van der Waals surface area contributed by atoms with Crippen molar-refractivity contribution in [3.05, 3.63) is 47.9 Å². The standard InChI is InChI=1S/C19H26FN7/c1-3-18-26-25-13-27(18)10-9-23-19(21-4-2)22-8-7-14-12-24-17-11-15(20)5-6-16(14)17/h5-6,11-13,24H,3-4,7-10H2,1-2H3,(H2,21,22,23). The van der Waals surface area contributed by atoms with Gasteiger partial charge in [0.25, 0.3) is 0 Å². The van der Waals surface area contributed by atoms with Gasteiger partial charge >= 0.3 is 0 Å². The Bertz CT molecular complexity index is 896. The monoisotopic (exact) mass is 371 g/mol. The largest absolute Gasteiger partial charge is 0.361 e. The second kappa shape index (κ2) is 9.16. The van der Waals surface area contributed by atoms with E-state index in [2.05, 4.69) is 37.7 Å². The minimum Gasteiger partial charge on any atom is -0.361 e. The number of aliphatic imine (C=N–C) groups is 1. The smallest absolute Gasteiger partial charge is 0.191 e. The molecule has 7 nitrogen and oxygen atoms in total. The van der Waals surface area contributed by atoms with Crippen molar-refractivity contribution < 1.29 is 4.39 Å². The number of aromatic amines is 1. The molecular weight excluding hydrogens is 345 g/mol. The summed E-state index contributed by atoms with van der Waals surface area (Å²) in [6.07, 6.45) is 5.33. The number of aromatic nitrogens is 4. The van der Waals surface area contributed by atoms with Crippen molar-refractivity contribution >= 4 is 16.9 Å². The maximum atomic E-state index is 13.3.